The molecule has 0 amide bonds. The van der Waals surface area contributed by atoms with Gasteiger partial charge in [0.15, 0.2) is 0 Å². The lowest BCUT2D eigenvalue weighted by Gasteiger charge is -2.30. The van der Waals surface area contributed by atoms with E-state index in [2.05, 4.69) is 0 Å². The summed E-state index contributed by atoms with van der Waals surface area (Å²) in [6.07, 6.45) is 5.54. The SMILES string of the molecule is Cc1ccccc1CS(=O)(=O)N(C)C1CCCCC1. The van der Waals surface area contributed by atoms with Crippen molar-refractivity contribution >= 4 is 10.0 Å². The molecule has 0 bridgehead atoms. The highest BCUT2D eigenvalue weighted by Crippen LogP contribution is 2.25. The van der Waals surface area contributed by atoms with Crippen molar-refractivity contribution in [3.05, 3.63) is 35.4 Å². The normalized spacial score (nSPS) is 17.8. The molecule has 106 valence electrons. The third-order valence-electron chi connectivity index (χ3n) is 4.13. The number of sulfonamides is 1. The van der Waals surface area contributed by atoms with Gasteiger partial charge in [0.2, 0.25) is 10.0 Å². The molecule has 0 spiro atoms. The summed E-state index contributed by atoms with van der Waals surface area (Å²) < 4.78 is 26.6. The molecule has 1 aliphatic rings. The number of aryl methyl sites for hydroxylation is 1. The second-order valence-electron chi connectivity index (χ2n) is 5.49. The van der Waals surface area contributed by atoms with Gasteiger partial charge in [0.1, 0.15) is 0 Å². The molecule has 0 N–H and O–H groups in total. The molecule has 19 heavy (non-hydrogen) atoms. The number of rotatable bonds is 4. The molecule has 1 aromatic carbocycles. The van der Waals surface area contributed by atoms with E-state index < -0.39 is 10.0 Å². The molecule has 1 saturated carbocycles. The zero-order chi connectivity index (χ0) is 13.9. The Morgan fingerprint density at radius 3 is 2.42 bits per heavy atom. The second-order valence-corrected chi connectivity index (χ2v) is 7.52. The smallest absolute Gasteiger partial charge is 0.212 e. The minimum atomic E-state index is -3.20. The van der Waals surface area contributed by atoms with Crippen molar-refractivity contribution in [1.82, 2.24) is 4.31 Å². The fourth-order valence-corrected chi connectivity index (χ4v) is 4.33. The third-order valence-corrected chi connectivity index (χ3v) is 5.98. The summed E-state index contributed by atoms with van der Waals surface area (Å²) in [4.78, 5) is 0. The van der Waals surface area contributed by atoms with Crippen molar-refractivity contribution in [2.24, 2.45) is 0 Å². The summed E-state index contributed by atoms with van der Waals surface area (Å²) in [6.45, 7) is 1.96. The van der Waals surface area contributed by atoms with Crippen LogP contribution in [-0.2, 0) is 15.8 Å². The number of nitrogens with zero attached hydrogens (tertiary/aromatic N) is 1. The van der Waals surface area contributed by atoms with Crippen LogP contribution in [-0.4, -0.2) is 25.8 Å². The van der Waals surface area contributed by atoms with E-state index in [0.29, 0.717) is 0 Å². The highest BCUT2D eigenvalue weighted by molar-refractivity contribution is 7.88. The van der Waals surface area contributed by atoms with Crippen LogP contribution in [0, 0.1) is 6.92 Å². The molecule has 0 heterocycles. The lowest BCUT2D eigenvalue weighted by Crippen LogP contribution is -2.39. The highest BCUT2D eigenvalue weighted by Gasteiger charge is 2.27. The fraction of sp³-hybridized carbons (Fsp3) is 0.600. The van der Waals surface area contributed by atoms with Crippen molar-refractivity contribution in [1.29, 1.82) is 0 Å². The van der Waals surface area contributed by atoms with E-state index in [1.54, 1.807) is 11.4 Å². The minimum Gasteiger partial charge on any atom is -0.212 e. The van der Waals surface area contributed by atoms with Gasteiger partial charge in [-0.1, -0.05) is 43.5 Å². The van der Waals surface area contributed by atoms with Gasteiger partial charge in [-0.15, -0.1) is 0 Å². The predicted molar refractivity (Wildman–Crippen MR) is 78.4 cm³/mol. The van der Waals surface area contributed by atoms with E-state index in [9.17, 15) is 8.42 Å². The van der Waals surface area contributed by atoms with Crippen molar-refractivity contribution in [2.75, 3.05) is 7.05 Å². The second kappa shape index (κ2) is 6.06. The zero-order valence-electron chi connectivity index (χ0n) is 11.8. The van der Waals surface area contributed by atoms with Gasteiger partial charge >= 0.3 is 0 Å². The van der Waals surface area contributed by atoms with Crippen LogP contribution in [0.5, 0.6) is 0 Å². The summed E-state index contributed by atoms with van der Waals surface area (Å²) in [6, 6.07) is 7.91. The van der Waals surface area contributed by atoms with Gasteiger partial charge in [-0.3, -0.25) is 0 Å². The first-order valence-corrected chi connectivity index (χ1v) is 8.62. The highest BCUT2D eigenvalue weighted by atomic mass is 32.2. The maximum absolute atomic E-state index is 12.5. The molecular weight excluding hydrogens is 258 g/mol. The molecule has 3 nitrogen and oxygen atoms in total. The molecule has 1 fully saturated rings. The van der Waals surface area contributed by atoms with Crippen molar-refractivity contribution in [3.8, 4) is 0 Å². The summed E-state index contributed by atoms with van der Waals surface area (Å²) in [7, 11) is -1.46. The Morgan fingerprint density at radius 1 is 1.16 bits per heavy atom. The molecule has 0 saturated heterocycles. The Bertz CT molecular complexity index is 519. The van der Waals surface area contributed by atoms with Gasteiger partial charge in [0, 0.05) is 13.1 Å². The number of benzene rings is 1. The van der Waals surface area contributed by atoms with Gasteiger partial charge in [0.05, 0.1) is 5.75 Å². The lowest BCUT2D eigenvalue weighted by molar-refractivity contribution is 0.285. The maximum Gasteiger partial charge on any atom is 0.218 e. The van der Waals surface area contributed by atoms with Crippen molar-refractivity contribution in [2.45, 2.75) is 50.8 Å². The van der Waals surface area contributed by atoms with Gasteiger partial charge in [-0.25, -0.2) is 12.7 Å². The summed E-state index contributed by atoms with van der Waals surface area (Å²) in [5, 5.41) is 0. The third kappa shape index (κ3) is 3.57. The van der Waals surface area contributed by atoms with Crippen LogP contribution in [0.25, 0.3) is 0 Å². The molecular formula is C15H23NO2S. The molecule has 0 unspecified atom stereocenters. The topological polar surface area (TPSA) is 37.4 Å². The largest absolute Gasteiger partial charge is 0.218 e. The average molecular weight is 281 g/mol. The van der Waals surface area contributed by atoms with Gasteiger partial charge < -0.3 is 0 Å². The Kier molecular flexibility index (Phi) is 4.63. The van der Waals surface area contributed by atoms with Crippen molar-refractivity contribution in [3.63, 3.8) is 0 Å². The first-order chi connectivity index (χ1) is 9.00. The summed E-state index contributed by atoms with van der Waals surface area (Å²) in [5.74, 6) is 0.118. The Morgan fingerprint density at radius 2 is 1.79 bits per heavy atom. The Hall–Kier alpha value is -0.870. The van der Waals surface area contributed by atoms with Gasteiger partial charge in [-0.2, -0.15) is 0 Å². The van der Waals surface area contributed by atoms with E-state index in [1.807, 2.05) is 31.2 Å². The molecule has 0 atom stereocenters. The lowest BCUT2D eigenvalue weighted by atomic mass is 9.96. The summed E-state index contributed by atoms with van der Waals surface area (Å²) in [5.41, 5.74) is 1.95. The fourth-order valence-electron chi connectivity index (χ4n) is 2.74. The van der Waals surface area contributed by atoms with Gasteiger partial charge in [0.25, 0.3) is 0 Å². The summed E-state index contributed by atoms with van der Waals surface area (Å²) >= 11 is 0. The van der Waals surface area contributed by atoms with Crippen LogP contribution in [0.1, 0.15) is 43.2 Å². The monoisotopic (exact) mass is 281 g/mol. The quantitative estimate of drug-likeness (QED) is 0.850. The van der Waals surface area contributed by atoms with Crippen molar-refractivity contribution < 1.29 is 8.42 Å². The van der Waals surface area contributed by atoms with E-state index in [4.69, 9.17) is 0 Å². The molecule has 0 aromatic heterocycles. The van der Waals surface area contributed by atoms with Crippen LogP contribution in [0.2, 0.25) is 0 Å². The molecule has 0 radical (unpaired) electrons. The van der Waals surface area contributed by atoms with Crippen LogP contribution in [0.3, 0.4) is 0 Å². The van der Waals surface area contributed by atoms with Gasteiger partial charge in [-0.05, 0) is 30.9 Å². The van der Waals surface area contributed by atoms with Crippen LogP contribution >= 0.6 is 0 Å². The minimum absolute atomic E-state index is 0.118. The van der Waals surface area contributed by atoms with Crippen LogP contribution in [0.4, 0.5) is 0 Å². The number of hydrogen-bond donors (Lipinski definition) is 0. The Labute approximate surface area is 116 Å². The standard InChI is InChI=1S/C15H23NO2S/c1-13-8-6-7-9-14(13)12-19(17,18)16(2)15-10-4-3-5-11-15/h6-9,15H,3-5,10-12H2,1-2H3. The van der Waals surface area contributed by atoms with Crippen LogP contribution in [0.15, 0.2) is 24.3 Å². The predicted octanol–water partition coefficient (Wildman–Crippen LogP) is 3.09. The van der Waals surface area contributed by atoms with E-state index >= 15 is 0 Å². The first kappa shape index (κ1) is 14.5. The maximum atomic E-state index is 12.5. The van der Waals surface area contributed by atoms with E-state index in [-0.39, 0.29) is 11.8 Å². The van der Waals surface area contributed by atoms with Crippen LogP contribution < -0.4 is 0 Å². The molecule has 0 aliphatic heterocycles. The molecule has 2 rings (SSSR count). The van der Waals surface area contributed by atoms with E-state index in [0.717, 1.165) is 36.8 Å². The molecule has 1 aromatic rings. The average Bonchev–Trinajstić information content (AvgIpc) is 2.41. The van der Waals surface area contributed by atoms with E-state index in [1.165, 1.54) is 6.42 Å². The zero-order valence-corrected chi connectivity index (χ0v) is 12.6. The first-order valence-electron chi connectivity index (χ1n) is 7.01. The Balaban J connectivity index is 2.11. The molecule has 1 aliphatic carbocycles. The number of hydrogen-bond acceptors (Lipinski definition) is 2. The molecule has 4 heteroatoms.